The van der Waals surface area contributed by atoms with Crippen molar-refractivity contribution in [3.63, 3.8) is 0 Å². The molecule has 0 fully saturated rings. The highest BCUT2D eigenvalue weighted by molar-refractivity contribution is 7.13. The van der Waals surface area contributed by atoms with Crippen molar-refractivity contribution in [3.05, 3.63) is 64.8 Å². The number of carbonyl (C=O) groups is 3. The molecular weight excluding hydrogens is 414 g/mol. The van der Waals surface area contributed by atoms with Crippen molar-refractivity contribution in [1.82, 2.24) is 9.97 Å². The van der Waals surface area contributed by atoms with E-state index >= 15 is 0 Å². The van der Waals surface area contributed by atoms with Gasteiger partial charge in [0.2, 0.25) is 11.7 Å². The normalized spacial score (nSPS) is 13.5. The summed E-state index contributed by atoms with van der Waals surface area (Å²) in [5.74, 6) is -0.805. The molecule has 8 heteroatoms. The first kappa shape index (κ1) is 20.9. The fraction of sp³-hybridized carbons (Fsp3) is 0.261. The van der Waals surface area contributed by atoms with Crippen LogP contribution in [0.25, 0.3) is 10.7 Å². The van der Waals surface area contributed by atoms with Gasteiger partial charge in [0.25, 0.3) is 0 Å². The Morgan fingerprint density at radius 1 is 1.23 bits per heavy atom. The molecule has 1 amide bonds. The highest BCUT2D eigenvalue weighted by Crippen LogP contribution is 2.29. The molecule has 3 aromatic rings. The Morgan fingerprint density at radius 3 is 2.81 bits per heavy atom. The summed E-state index contributed by atoms with van der Waals surface area (Å²) in [5, 5.41) is 2.52. The minimum absolute atomic E-state index is 0.0152. The standard InChI is InChI=1S/C23H21N3O4S/c1-14(22(29)17-6-7-20-16(11-17)8-10-26(20)15(2)27)30-21(28)12-18-13-31-23(25-18)19-5-3-4-9-24-19/h3-7,9,11,13-14H,8,10,12H2,1-2H3. The zero-order chi connectivity index (χ0) is 22.0. The molecule has 31 heavy (non-hydrogen) atoms. The van der Waals surface area contributed by atoms with Crippen LogP contribution in [-0.4, -0.2) is 40.3 Å². The number of aromatic nitrogens is 2. The van der Waals surface area contributed by atoms with E-state index in [1.807, 2.05) is 18.2 Å². The van der Waals surface area contributed by atoms with E-state index in [-0.39, 0.29) is 18.1 Å². The number of thiazole rings is 1. The van der Waals surface area contributed by atoms with Gasteiger partial charge < -0.3 is 9.64 Å². The van der Waals surface area contributed by atoms with E-state index in [2.05, 4.69) is 9.97 Å². The third-order valence-corrected chi connectivity index (χ3v) is 5.99. The van der Waals surface area contributed by atoms with E-state index in [4.69, 9.17) is 4.74 Å². The molecule has 7 nitrogen and oxygen atoms in total. The lowest BCUT2D eigenvalue weighted by Crippen LogP contribution is -2.26. The minimum Gasteiger partial charge on any atom is -0.454 e. The Kier molecular flexibility index (Phi) is 5.90. The van der Waals surface area contributed by atoms with E-state index in [0.717, 1.165) is 22.0 Å². The lowest BCUT2D eigenvalue weighted by Gasteiger charge is -2.16. The quantitative estimate of drug-likeness (QED) is 0.435. The van der Waals surface area contributed by atoms with E-state index in [1.54, 1.807) is 41.6 Å². The van der Waals surface area contributed by atoms with Gasteiger partial charge in [0.05, 0.1) is 17.8 Å². The largest absolute Gasteiger partial charge is 0.454 e. The molecule has 0 saturated carbocycles. The molecule has 1 unspecified atom stereocenters. The van der Waals surface area contributed by atoms with Crippen LogP contribution in [0.2, 0.25) is 0 Å². The third-order valence-electron chi connectivity index (χ3n) is 5.08. The van der Waals surface area contributed by atoms with Crippen molar-refractivity contribution in [1.29, 1.82) is 0 Å². The molecule has 3 heterocycles. The van der Waals surface area contributed by atoms with Gasteiger partial charge in [-0.3, -0.25) is 19.4 Å². The van der Waals surface area contributed by atoms with Gasteiger partial charge in [-0.1, -0.05) is 6.07 Å². The summed E-state index contributed by atoms with van der Waals surface area (Å²) in [6, 6.07) is 10.8. The van der Waals surface area contributed by atoms with Crippen LogP contribution in [0, 0.1) is 0 Å². The van der Waals surface area contributed by atoms with Gasteiger partial charge in [0.15, 0.2) is 6.10 Å². The van der Waals surface area contributed by atoms with Crippen molar-refractivity contribution < 1.29 is 19.1 Å². The molecule has 1 aromatic carbocycles. The van der Waals surface area contributed by atoms with E-state index in [9.17, 15) is 14.4 Å². The lowest BCUT2D eigenvalue weighted by atomic mass is 10.0. The number of hydrogen-bond acceptors (Lipinski definition) is 7. The highest BCUT2D eigenvalue weighted by Gasteiger charge is 2.25. The van der Waals surface area contributed by atoms with Crippen LogP contribution in [0.3, 0.4) is 0 Å². The molecule has 1 aliphatic rings. The number of anilines is 1. The zero-order valence-electron chi connectivity index (χ0n) is 17.2. The number of Topliss-reactive ketones (excluding diaryl/α,β-unsaturated/α-hetero) is 1. The molecular formula is C23H21N3O4S. The van der Waals surface area contributed by atoms with E-state index in [0.29, 0.717) is 24.2 Å². The first-order valence-electron chi connectivity index (χ1n) is 9.93. The topological polar surface area (TPSA) is 89.5 Å². The van der Waals surface area contributed by atoms with Crippen molar-refractivity contribution in [3.8, 4) is 10.7 Å². The van der Waals surface area contributed by atoms with Gasteiger partial charge in [-0.15, -0.1) is 11.3 Å². The van der Waals surface area contributed by atoms with Gasteiger partial charge in [-0.05, 0) is 49.2 Å². The fourth-order valence-corrected chi connectivity index (χ4v) is 4.35. The van der Waals surface area contributed by atoms with Crippen molar-refractivity contribution in [2.24, 2.45) is 0 Å². The molecule has 4 rings (SSSR count). The molecule has 0 bridgehead atoms. The first-order valence-corrected chi connectivity index (χ1v) is 10.8. The van der Waals surface area contributed by atoms with E-state index < -0.39 is 12.1 Å². The number of amides is 1. The number of rotatable bonds is 6. The van der Waals surface area contributed by atoms with Crippen LogP contribution in [-0.2, 0) is 27.2 Å². The number of ether oxygens (including phenoxy) is 1. The molecule has 0 radical (unpaired) electrons. The maximum atomic E-state index is 12.8. The summed E-state index contributed by atoms with van der Waals surface area (Å²) in [7, 11) is 0. The number of esters is 1. The molecule has 0 aliphatic carbocycles. The molecule has 1 atom stereocenters. The molecule has 0 N–H and O–H groups in total. The summed E-state index contributed by atoms with van der Waals surface area (Å²) in [6.45, 7) is 3.70. The summed E-state index contributed by atoms with van der Waals surface area (Å²) >= 11 is 1.40. The van der Waals surface area contributed by atoms with Gasteiger partial charge >= 0.3 is 5.97 Å². The Balaban J connectivity index is 1.38. The summed E-state index contributed by atoms with van der Waals surface area (Å²) in [6.07, 6.45) is 1.46. The maximum Gasteiger partial charge on any atom is 0.312 e. The average molecular weight is 436 g/mol. The van der Waals surface area contributed by atoms with Crippen LogP contribution in [0.5, 0.6) is 0 Å². The predicted molar refractivity (Wildman–Crippen MR) is 117 cm³/mol. The second kappa shape index (κ2) is 8.77. The van der Waals surface area contributed by atoms with Crippen molar-refractivity contribution >= 4 is 34.7 Å². The van der Waals surface area contributed by atoms with Gasteiger partial charge in [-0.25, -0.2) is 4.98 Å². The summed E-state index contributed by atoms with van der Waals surface area (Å²) in [4.78, 5) is 47.2. The maximum absolute atomic E-state index is 12.8. The lowest BCUT2D eigenvalue weighted by molar-refractivity contribution is -0.145. The van der Waals surface area contributed by atoms with Crippen molar-refractivity contribution in [2.75, 3.05) is 11.4 Å². The minimum atomic E-state index is -0.912. The van der Waals surface area contributed by atoms with Crippen molar-refractivity contribution in [2.45, 2.75) is 32.8 Å². The predicted octanol–water partition coefficient (Wildman–Crippen LogP) is 3.47. The smallest absolute Gasteiger partial charge is 0.312 e. The fourth-order valence-electron chi connectivity index (χ4n) is 3.55. The highest BCUT2D eigenvalue weighted by atomic mass is 32.1. The van der Waals surface area contributed by atoms with Crippen LogP contribution in [0.4, 0.5) is 5.69 Å². The summed E-state index contributed by atoms with van der Waals surface area (Å²) in [5.41, 5.74) is 3.58. The average Bonchev–Trinajstić information content (AvgIpc) is 3.40. The first-order chi connectivity index (χ1) is 14.9. The number of fused-ring (bicyclic) bond motifs is 1. The third kappa shape index (κ3) is 4.54. The number of pyridine rings is 1. The number of hydrogen-bond donors (Lipinski definition) is 0. The Labute approximate surface area is 183 Å². The number of ketones is 1. The van der Waals surface area contributed by atoms with Crippen LogP contribution < -0.4 is 4.90 Å². The Bertz CT molecular complexity index is 1140. The number of nitrogens with zero attached hydrogens (tertiary/aromatic N) is 3. The Hall–Kier alpha value is -3.39. The SMILES string of the molecule is CC(=O)N1CCc2cc(C(=O)C(C)OC(=O)Cc3csc(-c4ccccn4)n3)ccc21. The molecule has 158 valence electrons. The van der Waals surface area contributed by atoms with E-state index in [1.165, 1.54) is 18.3 Å². The second-order valence-electron chi connectivity index (χ2n) is 7.30. The monoisotopic (exact) mass is 435 g/mol. The number of benzene rings is 1. The molecule has 1 aliphatic heterocycles. The number of carbonyl (C=O) groups excluding carboxylic acids is 3. The molecule has 0 spiro atoms. The van der Waals surface area contributed by atoms with Crippen LogP contribution in [0.15, 0.2) is 48.0 Å². The van der Waals surface area contributed by atoms with Gasteiger partial charge in [0, 0.05) is 36.3 Å². The molecule has 0 saturated heterocycles. The second-order valence-corrected chi connectivity index (χ2v) is 8.15. The van der Waals surface area contributed by atoms with Crippen LogP contribution in [0.1, 0.15) is 35.5 Å². The Morgan fingerprint density at radius 2 is 2.06 bits per heavy atom. The van der Waals surface area contributed by atoms with Crippen LogP contribution >= 0.6 is 11.3 Å². The van der Waals surface area contributed by atoms with Gasteiger partial charge in [-0.2, -0.15) is 0 Å². The molecule has 2 aromatic heterocycles. The summed E-state index contributed by atoms with van der Waals surface area (Å²) < 4.78 is 5.36. The zero-order valence-corrected chi connectivity index (χ0v) is 18.0. The van der Waals surface area contributed by atoms with Gasteiger partial charge in [0.1, 0.15) is 5.01 Å².